The average molecular weight is 506 g/mol. The van der Waals surface area contributed by atoms with Crippen LogP contribution < -0.4 is 16.0 Å². The van der Waals surface area contributed by atoms with E-state index in [2.05, 4.69) is 53.2 Å². The molecule has 0 heterocycles. The molecular formula is C23H31IN4O. The van der Waals surface area contributed by atoms with Gasteiger partial charge in [-0.15, -0.1) is 24.0 Å². The molecule has 1 fully saturated rings. The van der Waals surface area contributed by atoms with Crippen LogP contribution in [0.3, 0.4) is 0 Å². The van der Waals surface area contributed by atoms with E-state index >= 15 is 0 Å². The molecule has 0 aliphatic heterocycles. The maximum absolute atomic E-state index is 11.2. The second-order valence-corrected chi connectivity index (χ2v) is 7.43. The minimum absolute atomic E-state index is 0. The first-order valence-electron chi connectivity index (χ1n) is 10.1. The van der Waals surface area contributed by atoms with Crippen LogP contribution in [0.4, 0.5) is 5.69 Å². The summed E-state index contributed by atoms with van der Waals surface area (Å²) < 4.78 is 0. The molecule has 6 heteroatoms. The van der Waals surface area contributed by atoms with Gasteiger partial charge in [0.25, 0.3) is 0 Å². The Bertz CT molecular complexity index is 819. The first kappa shape index (κ1) is 23.2. The summed E-state index contributed by atoms with van der Waals surface area (Å²) in [5, 5.41) is 9.71. The minimum atomic E-state index is -0.0673. The highest BCUT2D eigenvalue weighted by Crippen LogP contribution is 2.43. The summed E-state index contributed by atoms with van der Waals surface area (Å²) in [5.41, 5.74) is 3.48. The van der Waals surface area contributed by atoms with Crippen molar-refractivity contribution in [3.63, 3.8) is 0 Å². The van der Waals surface area contributed by atoms with Gasteiger partial charge in [-0.05, 0) is 43.0 Å². The molecule has 0 aromatic heterocycles. The lowest BCUT2D eigenvalue weighted by Crippen LogP contribution is -2.48. The lowest BCUT2D eigenvalue weighted by molar-refractivity contribution is -0.114. The van der Waals surface area contributed by atoms with Crippen molar-refractivity contribution in [1.82, 2.24) is 10.6 Å². The van der Waals surface area contributed by atoms with Crippen LogP contribution in [0.1, 0.15) is 44.2 Å². The molecule has 3 N–H and O–H groups in total. The predicted octanol–water partition coefficient (Wildman–Crippen LogP) is 4.44. The maximum atomic E-state index is 11.2. The third-order valence-electron chi connectivity index (χ3n) is 5.30. The van der Waals surface area contributed by atoms with Crippen molar-refractivity contribution in [3.8, 4) is 0 Å². The maximum Gasteiger partial charge on any atom is 0.221 e. The molecule has 2 aromatic carbocycles. The highest BCUT2D eigenvalue weighted by atomic mass is 127. The van der Waals surface area contributed by atoms with E-state index in [0.29, 0.717) is 6.54 Å². The third kappa shape index (κ3) is 6.45. The number of nitrogens with zero attached hydrogens (tertiary/aromatic N) is 1. The van der Waals surface area contributed by atoms with E-state index < -0.39 is 0 Å². The van der Waals surface area contributed by atoms with Gasteiger partial charge < -0.3 is 16.0 Å². The van der Waals surface area contributed by atoms with Gasteiger partial charge in [0.15, 0.2) is 5.96 Å². The summed E-state index contributed by atoms with van der Waals surface area (Å²) in [6, 6.07) is 18.6. The van der Waals surface area contributed by atoms with E-state index in [-0.39, 0.29) is 35.3 Å². The zero-order valence-corrected chi connectivity index (χ0v) is 19.5. The number of carbonyl (C=O) groups excluding carboxylic acids is 1. The monoisotopic (exact) mass is 506 g/mol. The smallest absolute Gasteiger partial charge is 0.221 e. The molecule has 3 rings (SSSR count). The van der Waals surface area contributed by atoms with Crippen molar-refractivity contribution >= 4 is 41.5 Å². The largest absolute Gasteiger partial charge is 0.357 e. The summed E-state index contributed by atoms with van der Waals surface area (Å²) >= 11 is 0. The Labute approximate surface area is 190 Å². The number of amides is 1. The highest BCUT2D eigenvalue weighted by Gasteiger charge is 2.38. The molecule has 0 radical (unpaired) electrons. The van der Waals surface area contributed by atoms with Gasteiger partial charge in [0.05, 0.1) is 6.54 Å². The summed E-state index contributed by atoms with van der Waals surface area (Å²) in [4.78, 5) is 16.0. The van der Waals surface area contributed by atoms with E-state index in [4.69, 9.17) is 4.99 Å². The number of aliphatic imine (C=N–C) groups is 1. The lowest BCUT2D eigenvalue weighted by Gasteiger charge is -2.43. The number of rotatable bonds is 7. The molecule has 2 aromatic rings. The summed E-state index contributed by atoms with van der Waals surface area (Å²) in [5.74, 6) is 0.761. The normalized spacial score (nSPS) is 14.9. The van der Waals surface area contributed by atoms with E-state index in [1.54, 1.807) is 0 Å². The van der Waals surface area contributed by atoms with Crippen molar-refractivity contribution in [2.24, 2.45) is 4.99 Å². The number of carbonyl (C=O) groups is 1. The molecule has 29 heavy (non-hydrogen) atoms. The molecule has 0 bridgehead atoms. The van der Waals surface area contributed by atoms with E-state index in [0.717, 1.165) is 30.3 Å². The van der Waals surface area contributed by atoms with Gasteiger partial charge in [0, 0.05) is 31.1 Å². The Balaban J connectivity index is 0.00000300. The average Bonchev–Trinajstić information content (AvgIpc) is 2.66. The second kappa shape index (κ2) is 11.2. The highest BCUT2D eigenvalue weighted by molar-refractivity contribution is 14.0. The van der Waals surface area contributed by atoms with E-state index in [1.807, 2.05) is 24.3 Å². The zero-order valence-electron chi connectivity index (χ0n) is 17.2. The van der Waals surface area contributed by atoms with Crippen molar-refractivity contribution in [2.75, 3.05) is 18.4 Å². The van der Waals surface area contributed by atoms with E-state index in [1.165, 1.54) is 31.7 Å². The quantitative estimate of drug-likeness (QED) is 0.296. The standard InChI is InChI=1S/C23H30N4O.HI/c1-3-24-22(25-16-19-9-7-12-21(15-19)27-18(2)28)26-17-23(13-8-14-23)20-10-5-4-6-11-20;/h4-7,9-12,15H,3,8,13-14,16-17H2,1-2H3,(H,27,28)(H2,24,25,26);1H. The van der Waals surface area contributed by atoms with Crippen LogP contribution in [0.5, 0.6) is 0 Å². The number of benzene rings is 2. The fourth-order valence-corrected chi connectivity index (χ4v) is 3.68. The number of hydrogen-bond acceptors (Lipinski definition) is 2. The first-order chi connectivity index (χ1) is 13.6. The molecule has 156 valence electrons. The van der Waals surface area contributed by atoms with Gasteiger partial charge in [0.1, 0.15) is 0 Å². The topological polar surface area (TPSA) is 65.5 Å². The van der Waals surface area contributed by atoms with Gasteiger partial charge in [-0.2, -0.15) is 0 Å². The van der Waals surface area contributed by atoms with Crippen LogP contribution in [-0.4, -0.2) is 25.0 Å². The fraction of sp³-hybridized carbons (Fsp3) is 0.391. The Hall–Kier alpha value is -2.09. The third-order valence-corrected chi connectivity index (χ3v) is 5.30. The van der Waals surface area contributed by atoms with Crippen LogP contribution in [-0.2, 0) is 16.8 Å². The number of anilines is 1. The molecule has 1 saturated carbocycles. The van der Waals surface area contributed by atoms with Gasteiger partial charge in [-0.25, -0.2) is 4.99 Å². The van der Waals surface area contributed by atoms with Crippen LogP contribution in [0.15, 0.2) is 59.6 Å². The molecule has 5 nitrogen and oxygen atoms in total. The van der Waals surface area contributed by atoms with Crippen molar-refractivity contribution < 1.29 is 4.79 Å². The Morgan fingerprint density at radius 2 is 1.83 bits per heavy atom. The molecule has 0 saturated heterocycles. The van der Waals surface area contributed by atoms with Crippen molar-refractivity contribution in [2.45, 2.75) is 45.1 Å². The van der Waals surface area contributed by atoms with Gasteiger partial charge >= 0.3 is 0 Å². The van der Waals surface area contributed by atoms with Crippen molar-refractivity contribution in [3.05, 3.63) is 65.7 Å². The fourth-order valence-electron chi connectivity index (χ4n) is 3.68. The first-order valence-corrected chi connectivity index (χ1v) is 10.1. The predicted molar refractivity (Wildman–Crippen MR) is 131 cm³/mol. The van der Waals surface area contributed by atoms with Crippen LogP contribution >= 0.6 is 24.0 Å². The van der Waals surface area contributed by atoms with Crippen molar-refractivity contribution in [1.29, 1.82) is 0 Å². The van der Waals surface area contributed by atoms with Gasteiger partial charge in [0.2, 0.25) is 5.91 Å². The molecule has 1 aliphatic rings. The molecule has 1 amide bonds. The minimum Gasteiger partial charge on any atom is -0.357 e. The second-order valence-electron chi connectivity index (χ2n) is 7.43. The Morgan fingerprint density at radius 3 is 2.45 bits per heavy atom. The summed E-state index contributed by atoms with van der Waals surface area (Å²) in [6.07, 6.45) is 3.70. The van der Waals surface area contributed by atoms with Crippen LogP contribution in [0.2, 0.25) is 0 Å². The number of halogens is 1. The van der Waals surface area contributed by atoms with E-state index in [9.17, 15) is 4.79 Å². The van der Waals surface area contributed by atoms with Gasteiger partial charge in [-0.3, -0.25) is 4.79 Å². The SMILES string of the molecule is CCNC(=NCc1cccc(NC(C)=O)c1)NCC1(c2ccccc2)CCC1.I. The summed E-state index contributed by atoms with van der Waals surface area (Å²) in [7, 11) is 0. The van der Waals surface area contributed by atoms with Crippen LogP contribution in [0.25, 0.3) is 0 Å². The van der Waals surface area contributed by atoms with Crippen LogP contribution in [0, 0.1) is 0 Å². The number of nitrogens with one attached hydrogen (secondary N) is 3. The molecule has 0 spiro atoms. The summed E-state index contributed by atoms with van der Waals surface area (Å²) in [6.45, 7) is 5.85. The Kier molecular flexibility index (Phi) is 8.95. The number of guanidine groups is 1. The molecular weight excluding hydrogens is 475 g/mol. The zero-order chi connectivity index (χ0) is 19.8. The lowest BCUT2D eigenvalue weighted by atomic mass is 9.64. The Morgan fingerprint density at radius 1 is 1.07 bits per heavy atom. The molecule has 0 unspecified atom stereocenters. The molecule has 0 atom stereocenters. The van der Waals surface area contributed by atoms with Gasteiger partial charge in [-0.1, -0.05) is 48.9 Å². The molecule has 1 aliphatic carbocycles. The number of hydrogen-bond donors (Lipinski definition) is 3.